The van der Waals surface area contributed by atoms with Gasteiger partial charge in [-0.2, -0.15) is 4.31 Å². The molecule has 0 bridgehead atoms. The maximum Gasteiger partial charge on any atom is 0.317 e. The van der Waals surface area contributed by atoms with E-state index in [1.165, 1.54) is 15.6 Å². The molecule has 8 heteroatoms. The number of urea groups is 1. The maximum absolute atomic E-state index is 12.7. The Bertz CT molecular complexity index is 942. The Labute approximate surface area is 179 Å². The smallest absolute Gasteiger partial charge is 0.317 e. The van der Waals surface area contributed by atoms with Crippen molar-refractivity contribution in [2.24, 2.45) is 0 Å². The Hall–Kier alpha value is -2.58. The van der Waals surface area contributed by atoms with Gasteiger partial charge in [0, 0.05) is 51.5 Å². The number of anilines is 1. The van der Waals surface area contributed by atoms with Gasteiger partial charge in [-0.15, -0.1) is 0 Å². The molecule has 2 aromatic rings. The molecule has 7 nitrogen and oxygen atoms in total. The summed E-state index contributed by atoms with van der Waals surface area (Å²) in [7, 11) is -3.51. The van der Waals surface area contributed by atoms with Gasteiger partial charge in [0.2, 0.25) is 10.0 Å². The van der Waals surface area contributed by atoms with Crippen molar-refractivity contribution in [3.63, 3.8) is 0 Å². The van der Waals surface area contributed by atoms with Crippen LogP contribution in [0.3, 0.4) is 0 Å². The van der Waals surface area contributed by atoms with Crippen LogP contribution in [0.15, 0.2) is 59.5 Å². The van der Waals surface area contributed by atoms with Gasteiger partial charge in [-0.25, -0.2) is 13.2 Å². The third kappa shape index (κ3) is 5.12. The molecule has 0 saturated carbocycles. The molecule has 0 radical (unpaired) electrons. The molecule has 1 saturated heterocycles. The molecular weight excluding hydrogens is 400 g/mol. The molecule has 1 aliphatic rings. The first-order chi connectivity index (χ1) is 14.4. The van der Waals surface area contributed by atoms with Crippen LogP contribution in [0.2, 0.25) is 0 Å². The number of para-hydroxylation sites is 1. The van der Waals surface area contributed by atoms with Crippen LogP contribution in [0.1, 0.15) is 12.5 Å². The summed E-state index contributed by atoms with van der Waals surface area (Å²) >= 11 is 0. The van der Waals surface area contributed by atoms with Gasteiger partial charge in [0.1, 0.15) is 0 Å². The third-order valence-electron chi connectivity index (χ3n) is 5.40. The van der Waals surface area contributed by atoms with E-state index in [0.717, 1.165) is 13.1 Å². The molecule has 0 spiro atoms. The lowest BCUT2D eigenvalue weighted by Gasteiger charge is -2.34. The minimum atomic E-state index is -3.51. The van der Waals surface area contributed by atoms with Crippen LogP contribution in [0.25, 0.3) is 0 Å². The van der Waals surface area contributed by atoms with E-state index in [-0.39, 0.29) is 6.03 Å². The maximum atomic E-state index is 12.7. The monoisotopic (exact) mass is 430 g/mol. The highest BCUT2D eigenvalue weighted by atomic mass is 32.2. The van der Waals surface area contributed by atoms with Crippen molar-refractivity contribution in [3.8, 4) is 0 Å². The van der Waals surface area contributed by atoms with Crippen LogP contribution in [-0.2, 0) is 10.0 Å². The topological polar surface area (TPSA) is 73.0 Å². The highest BCUT2D eigenvalue weighted by molar-refractivity contribution is 7.89. The van der Waals surface area contributed by atoms with Crippen LogP contribution in [0.4, 0.5) is 10.5 Å². The Morgan fingerprint density at radius 3 is 2.27 bits per heavy atom. The van der Waals surface area contributed by atoms with Crippen LogP contribution in [0.5, 0.6) is 0 Å². The number of piperazine rings is 1. The number of carbonyl (C=O) groups is 1. The zero-order chi connectivity index (χ0) is 21.6. The number of likely N-dealkylation sites (N-methyl/N-ethyl adjacent to an activating group) is 1. The van der Waals surface area contributed by atoms with Gasteiger partial charge < -0.3 is 15.1 Å². The van der Waals surface area contributed by atoms with E-state index >= 15 is 0 Å². The number of nitrogens with zero attached hydrogens (tertiary/aromatic N) is 3. The van der Waals surface area contributed by atoms with Crippen molar-refractivity contribution >= 4 is 21.7 Å². The van der Waals surface area contributed by atoms with E-state index in [1.54, 1.807) is 35.2 Å². The van der Waals surface area contributed by atoms with E-state index < -0.39 is 10.0 Å². The summed E-state index contributed by atoms with van der Waals surface area (Å²) in [6.07, 6.45) is 0. The molecule has 162 valence electrons. The fraction of sp³-hybridized carbons (Fsp3) is 0.409. The van der Waals surface area contributed by atoms with Crippen molar-refractivity contribution in [1.82, 2.24) is 14.5 Å². The van der Waals surface area contributed by atoms with E-state index in [9.17, 15) is 13.2 Å². The molecule has 1 fully saturated rings. The SMILES string of the molecule is CCN(CCNC(=O)N1CCN(S(=O)(=O)c2ccccc2)CC1)c1ccccc1C. The minimum Gasteiger partial charge on any atom is -0.370 e. The van der Waals surface area contributed by atoms with Gasteiger partial charge in [0.15, 0.2) is 0 Å². The van der Waals surface area contributed by atoms with E-state index in [2.05, 4.69) is 36.2 Å². The summed E-state index contributed by atoms with van der Waals surface area (Å²) in [5.41, 5.74) is 2.38. The summed E-state index contributed by atoms with van der Waals surface area (Å²) in [5, 5.41) is 2.97. The number of carbonyl (C=O) groups excluding carboxylic acids is 1. The molecule has 1 aliphatic heterocycles. The fourth-order valence-electron chi connectivity index (χ4n) is 3.65. The van der Waals surface area contributed by atoms with Crippen molar-refractivity contribution < 1.29 is 13.2 Å². The average molecular weight is 431 g/mol. The third-order valence-corrected chi connectivity index (χ3v) is 7.32. The molecule has 2 amide bonds. The minimum absolute atomic E-state index is 0.146. The molecule has 0 atom stereocenters. The van der Waals surface area contributed by atoms with Gasteiger partial charge >= 0.3 is 6.03 Å². The van der Waals surface area contributed by atoms with Crippen LogP contribution < -0.4 is 10.2 Å². The molecule has 30 heavy (non-hydrogen) atoms. The van der Waals surface area contributed by atoms with Crippen LogP contribution in [-0.4, -0.2) is 69.5 Å². The lowest BCUT2D eigenvalue weighted by atomic mass is 10.2. The van der Waals surface area contributed by atoms with Gasteiger partial charge in [-0.1, -0.05) is 36.4 Å². The number of nitrogens with one attached hydrogen (secondary N) is 1. The largest absolute Gasteiger partial charge is 0.370 e. The number of hydrogen-bond donors (Lipinski definition) is 1. The molecule has 0 aromatic heterocycles. The summed E-state index contributed by atoms with van der Waals surface area (Å²) < 4.78 is 26.9. The van der Waals surface area contributed by atoms with E-state index in [0.29, 0.717) is 37.6 Å². The second-order valence-electron chi connectivity index (χ2n) is 7.30. The second kappa shape index (κ2) is 9.95. The number of rotatable bonds is 7. The quantitative estimate of drug-likeness (QED) is 0.733. The number of amides is 2. The van der Waals surface area contributed by atoms with Crippen LogP contribution in [0, 0.1) is 6.92 Å². The van der Waals surface area contributed by atoms with E-state index in [4.69, 9.17) is 0 Å². The number of benzene rings is 2. The summed E-state index contributed by atoms with van der Waals surface area (Å²) in [5.74, 6) is 0. The van der Waals surface area contributed by atoms with Crippen molar-refractivity contribution in [2.45, 2.75) is 18.7 Å². The Kier molecular flexibility index (Phi) is 7.33. The Morgan fingerprint density at radius 2 is 1.63 bits per heavy atom. The van der Waals surface area contributed by atoms with Crippen molar-refractivity contribution in [2.75, 3.05) is 50.7 Å². The lowest BCUT2D eigenvalue weighted by molar-refractivity contribution is 0.172. The predicted octanol–water partition coefficient (Wildman–Crippen LogP) is 2.54. The first-order valence-electron chi connectivity index (χ1n) is 10.3. The highest BCUT2D eigenvalue weighted by Crippen LogP contribution is 2.19. The predicted molar refractivity (Wildman–Crippen MR) is 119 cm³/mol. The van der Waals surface area contributed by atoms with Crippen molar-refractivity contribution in [3.05, 3.63) is 60.2 Å². The molecule has 1 N–H and O–H groups in total. The van der Waals surface area contributed by atoms with Gasteiger partial charge in [-0.05, 0) is 37.6 Å². The van der Waals surface area contributed by atoms with Gasteiger partial charge in [-0.3, -0.25) is 0 Å². The lowest BCUT2D eigenvalue weighted by Crippen LogP contribution is -2.53. The summed E-state index contributed by atoms with van der Waals surface area (Å²) in [6, 6.07) is 16.5. The summed E-state index contributed by atoms with van der Waals surface area (Å²) in [6.45, 7) is 7.65. The van der Waals surface area contributed by atoms with E-state index in [1.807, 2.05) is 12.1 Å². The van der Waals surface area contributed by atoms with Crippen molar-refractivity contribution in [1.29, 1.82) is 0 Å². The second-order valence-corrected chi connectivity index (χ2v) is 9.24. The molecular formula is C22H30N4O3S. The molecule has 3 rings (SSSR count). The molecule has 2 aromatic carbocycles. The summed E-state index contributed by atoms with van der Waals surface area (Å²) in [4.78, 5) is 16.7. The Morgan fingerprint density at radius 1 is 1.00 bits per heavy atom. The first-order valence-corrected chi connectivity index (χ1v) is 11.8. The number of aryl methyl sites for hydroxylation is 1. The average Bonchev–Trinajstić information content (AvgIpc) is 2.78. The standard InChI is InChI=1S/C22H30N4O3S/c1-3-24(21-12-8-7-9-19(21)2)14-13-23-22(27)25-15-17-26(18-16-25)30(28,29)20-10-5-4-6-11-20/h4-12H,3,13-18H2,1-2H3,(H,23,27). The molecule has 0 aliphatic carbocycles. The van der Waals surface area contributed by atoms with Gasteiger partial charge in [0.05, 0.1) is 4.90 Å². The zero-order valence-electron chi connectivity index (χ0n) is 17.6. The first kappa shape index (κ1) is 22.1. The molecule has 0 unspecified atom stereocenters. The van der Waals surface area contributed by atoms with Gasteiger partial charge in [0.25, 0.3) is 0 Å². The Balaban J connectivity index is 1.48. The number of hydrogen-bond acceptors (Lipinski definition) is 4. The van der Waals surface area contributed by atoms with Crippen LogP contribution >= 0.6 is 0 Å². The zero-order valence-corrected chi connectivity index (χ0v) is 18.4. The fourth-order valence-corrected chi connectivity index (χ4v) is 5.09. The molecule has 1 heterocycles. The normalized spacial score (nSPS) is 15.1. The highest BCUT2D eigenvalue weighted by Gasteiger charge is 2.29. The number of sulfonamides is 1.